The minimum Gasteiger partial charge on any atom is -0.494 e. The number of benzene rings is 1. The van der Waals surface area contributed by atoms with E-state index >= 15 is 0 Å². The van der Waals surface area contributed by atoms with Gasteiger partial charge < -0.3 is 15.6 Å². The number of aliphatic hydroxyl groups is 1. The summed E-state index contributed by atoms with van der Waals surface area (Å²) in [4.78, 5) is 0. The van der Waals surface area contributed by atoms with Crippen molar-refractivity contribution in [3.63, 3.8) is 0 Å². The molecule has 0 radical (unpaired) electrons. The lowest BCUT2D eigenvalue weighted by molar-refractivity contribution is 0.127. The standard InChI is InChI=1S/C18H29NO2/c1-2-21-16-10-8-15(9-11-16)17(13-19)18(20)12-7-14-5-3-4-6-14/h8-11,14,17-18,20H,2-7,12-13,19H2,1H3. The summed E-state index contributed by atoms with van der Waals surface area (Å²) in [5.41, 5.74) is 7.01. The van der Waals surface area contributed by atoms with Crippen molar-refractivity contribution in [1.82, 2.24) is 0 Å². The van der Waals surface area contributed by atoms with Crippen LogP contribution in [0, 0.1) is 5.92 Å². The van der Waals surface area contributed by atoms with Gasteiger partial charge in [-0.15, -0.1) is 0 Å². The van der Waals surface area contributed by atoms with Gasteiger partial charge >= 0.3 is 0 Å². The van der Waals surface area contributed by atoms with Gasteiger partial charge in [-0.3, -0.25) is 0 Å². The molecule has 0 saturated heterocycles. The van der Waals surface area contributed by atoms with Crippen molar-refractivity contribution in [2.45, 2.75) is 57.5 Å². The summed E-state index contributed by atoms with van der Waals surface area (Å²) in [6.07, 6.45) is 7.05. The SMILES string of the molecule is CCOc1ccc(C(CN)C(O)CCC2CCCC2)cc1. The molecule has 0 bridgehead atoms. The van der Waals surface area contributed by atoms with E-state index in [-0.39, 0.29) is 12.0 Å². The second-order valence-corrected chi connectivity index (χ2v) is 6.14. The Morgan fingerprint density at radius 1 is 1.24 bits per heavy atom. The van der Waals surface area contributed by atoms with Crippen LogP contribution in [0.3, 0.4) is 0 Å². The lowest BCUT2D eigenvalue weighted by Gasteiger charge is -2.23. The second-order valence-electron chi connectivity index (χ2n) is 6.14. The highest BCUT2D eigenvalue weighted by molar-refractivity contribution is 5.30. The molecule has 118 valence electrons. The Bertz CT molecular complexity index is 398. The average molecular weight is 291 g/mol. The van der Waals surface area contributed by atoms with Crippen molar-refractivity contribution < 1.29 is 9.84 Å². The lowest BCUT2D eigenvalue weighted by Crippen LogP contribution is -2.26. The fraction of sp³-hybridized carbons (Fsp3) is 0.667. The van der Waals surface area contributed by atoms with Crippen LogP contribution in [0.1, 0.15) is 56.9 Å². The molecule has 1 aromatic carbocycles. The number of nitrogens with two attached hydrogens (primary N) is 1. The number of aliphatic hydroxyl groups excluding tert-OH is 1. The summed E-state index contributed by atoms with van der Waals surface area (Å²) < 4.78 is 5.46. The van der Waals surface area contributed by atoms with E-state index in [2.05, 4.69) is 0 Å². The number of hydrogen-bond acceptors (Lipinski definition) is 3. The van der Waals surface area contributed by atoms with Crippen molar-refractivity contribution in [1.29, 1.82) is 0 Å². The van der Waals surface area contributed by atoms with Crippen LogP contribution >= 0.6 is 0 Å². The van der Waals surface area contributed by atoms with Crippen LogP contribution in [0.5, 0.6) is 5.75 Å². The van der Waals surface area contributed by atoms with Crippen molar-refractivity contribution in [3.05, 3.63) is 29.8 Å². The maximum Gasteiger partial charge on any atom is 0.119 e. The number of rotatable bonds is 8. The van der Waals surface area contributed by atoms with E-state index < -0.39 is 0 Å². The van der Waals surface area contributed by atoms with Gasteiger partial charge in [0.2, 0.25) is 0 Å². The molecule has 1 aliphatic rings. The van der Waals surface area contributed by atoms with Gasteiger partial charge in [0, 0.05) is 12.5 Å². The monoisotopic (exact) mass is 291 g/mol. The summed E-state index contributed by atoms with van der Waals surface area (Å²) in [5, 5.41) is 10.5. The molecule has 1 saturated carbocycles. The first-order valence-corrected chi connectivity index (χ1v) is 8.35. The highest BCUT2D eigenvalue weighted by atomic mass is 16.5. The van der Waals surface area contributed by atoms with E-state index in [4.69, 9.17) is 10.5 Å². The van der Waals surface area contributed by atoms with Gasteiger partial charge in [0.25, 0.3) is 0 Å². The molecule has 1 fully saturated rings. The van der Waals surface area contributed by atoms with Crippen LogP contribution in [0.4, 0.5) is 0 Å². The Morgan fingerprint density at radius 2 is 1.90 bits per heavy atom. The minimum atomic E-state index is -0.339. The average Bonchev–Trinajstić information content (AvgIpc) is 3.01. The third kappa shape index (κ3) is 4.72. The van der Waals surface area contributed by atoms with Crippen molar-refractivity contribution in [3.8, 4) is 5.75 Å². The molecular weight excluding hydrogens is 262 g/mol. The second kappa shape index (κ2) is 8.40. The van der Waals surface area contributed by atoms with Gasteiger partial charge in [0.15, 0.2) is 0 Å². The number of ether oxygens (including phenoxy) is 1. The smallest absolute Gasteiger partial charge is 0.119 e. The topological polar surface area (TPSA) is 55.5 Å². The third-order valence-corrected chi connectivity index (χ3v) is 4.68. The normalized spacial score (nSPS) is 18.6. The van der Waals surface area contributed by atoms with E-state index in [1.165, 1.54) is 25.7 Å². The maximum atomic E-state index is 10.5. The van der Waals surface area contributed by atoms with Gasteiger partial charge in [-0.05, 0) is 43.4 Å². The van der Waals surface area contributed by atoms with Crippen LogP contribution < -0.4 is 10.5 Å². The fourth-order valence-corrected chi connectivity index (χ4v) is 3.40. The highest BCUT2D eigenvalue weighted by Gasteiger charge is 2.22. The zero-order chi connectivity index (χ0) is 15.1. The molecule has 0 aromatic heterocycles. The van der Waals surface area contributed by atoms with Crippen molar-refractivity contribution in [2.75, 3.05) is 13.2 Å². The fourth-order valence-electron chi connectivity index (χ4n) is 3.40. The van der Waals surface area contributed by atoms with Gasteiger partial charge in [0.1, 0.15) is 5.75 Å². The van der Waals surface area contributed by atoms with Crippen LogP contribution in [0.15, 0.2) is 24.3 Å². The first-order chi connectivity index (χ1) is 10.2. The first-order valence-electron chi connectivity index (χ1n) is 8.35. The van der Waals surface area contributed by atoms with Crippen LogP contribution in [-0.4, -0.2) is 24.4 Å². The summed E-state index contributed by atoms with van der Waals surface area (Å²) in [7, 11) is 0. The van der Waals surface area contributed by atoms with E-state index in [0.29, 0.717) is 13.2 Å². The molecule has 3 N–H and O–H groups in total. The minimum absolute atomic E-state index is 0.0297. The summed E-state index contributed by atoms with van der Waals surface area (Å²) in [5.74, 6) is 1.72. The maximum absolute atomic E-state index is 10.5. The molecule has 0 amide bonds. The summed E-state index contributed by atoms with van der Waals surface area (Å²) in [6.45, 7) is 3.13. The predicted molar refractivity (Wildman–Crippen MR) is 86.6 cm³/mol. The highest BCUT2D eigenvalue weighted by Crippen LogP contribution is 2.31. The van der Waals surface area contributed by atoms with Crippen LogP contribution in [0.25, 0.3) is 0 Å². The molecule has 3 heteroatoms. The molecule has 2 unspecified atom stereocenters. The molecule has 1 aromatic rings. The van der Waals surface area contributed by atoms with Gasteiger partial charge in [0.05, 0.1) is 12.7 Å². The molecule has 0 spiro atoms. The molecule has 21 heavy (non-hydrogen) atoms. The van der Waals surface area contributed by atoms with Gasteiger partial charge in [-0.25, -0.2) is 0 Å². The predicted octanol–water partition coefficient (Wildman–Crippen LogP) is 3.46. The van der Waals surface area contributed by atoms with E-state index in [1.807, 2.05) is 31.2 Å². The van der Waals surface area contributed by atoms with E-state index in [1.54, 1.807) is 0 Å². The van der Waals surface area contributed by atoms with Gasteiger partial charge in [-0.2, -0.15) is 0 Å². The molecule has 0 aliphatic heterocycles. The Balaban J connectivity index is 1.90. The number of hydrogen-bond donors (Lipinski definition) is 2. The lowest BCUT2D eigenvalue weighted by atomic mass is 9.88. The summed E-state index contributed by atoms with van der Waals surface area (Å²) in [6, 6.07) is 7.99. The van der Waals surface area contributed by atoms with Crippen LogP contribution in [-0.2, 0) is 0 Å². The quantitative estimate of drug-likeness (QED) is 0.771. The zero-order valence-electron chi connectivity index (χ0n) is 13.1. The Morgan fingerprint density at radius 3 is 2.48 bits per heavy atom. The van der Waals surface area contributed by atoms with Crippen molar-refractivity contribution >= 4 is 0 Å². The van der Waals surface area contributed by atoms with Crippen molar-refractivity contribution in [2.24, 2.45) is 11.7 Å². The summed E-state index contributed by atoms with van der Waals surface area (Å²) >= 11 is 0. The molecule has 2 atom stereocenters. The molecule has 3 nitrogen and oxygen atoms in total. The zero-order valence-corrected chi connectivity index (χ0v) is 13.1. The molecule has 1 aliphatic carbocycles. The molecule has 2 rings (SSSR count). The van der Waals surface area contributed by atoms with Gasteiger partial charge in [-0.1, -0.05) is 37.8 Å². The first kappa shape index (κ1) is 16.3. The Kier molecular flexibility index (Phi) is 6.52. The van der Waals surface area contributed by atoms with Crippen LogP contribution in [0.2, 0.25) is 0 Å². The van der Waals surface area contributed by atoms with E-state index in [9.17, 15) is 5.11 Å². The third-order valence-electron chi connectivity index (χ3n) is 4.68. The largest absolute Gasteiger partial charge is 0.494 e. The Hall–Kier alpha value is -1.06. The Labute approximate surface area is 128 Å². The molecule has 0 heterocycles. The van der Waals surface area contributed by atoms with E-state index in [0.717, 1.165) is 30.1 Å². The molecular formula is C18H29NO2.